The van der Waals surface area contributed by atoms with Gasteiger partial charge < -0.3 is 10.2 Å². The second kappa shape index (κ2) is 9.82. The number of nitrogens with zero attached hydrogens (tertiary/aromatic N) is 6. The summed E-state index contributed by atoms with van der Waals surface area (Å²) in [4.78, 5) is 47.2. The van der Waals surface area contributed by atoms with E-state index in [0.717, 1.165) is 15.8 Å². The van der Waals surface area contributed by atoms with Crippen molar-refractivity contribution < 1.29 is 4.79 Å². The number of aromatic nitrogens is 4. The Kier molecular flexibility index (Phi) is 6.43. The van der Waals surface area contributed by atoms with Crippen LogP contribution in [0.15, 0.2) is 70.3 Å². The van der Waals surface area contributed by atoms with E-state index in [2.05, 4.69) is 15.1 Å². The molecule has 3 heterocycles. The molecule has 36 heavy (non-hydrogen) atoms. The minimum Gasteiger partial charge on any atom is -0.340 e. The molecule has 0 bridgehead atoms. The maximum atomic E-state index is 13.1. The first-order valence-corrected chi connectivity index (χ1v) is 11.9. The number of amides is 1. The molecule has 1 N–H and O–H groups in total. The predicted molar refractivity (Wildman–Crippen MR) is 139 cm³/mol. The van der Waals surface area contributed by atoms with E-state index in [1.807, 2.05) is 65.2 Å². The standard InChI is InChI=1S/C26H29N7O3/c1-29-23-22(24(35)30(2)26(29)36)33(17-19-9-5-3-6-10-19)25(28-23)32-15-13-31(14-16-32)18-21(34)27-20-11-7-4-8-12-20/h3-12H,13-18H2,1-2H3,(H,27,34). The predicted octanol–water partition coefficient (Wildman–Crippen LogP) is 1.24. The maximum Gasteiger partial charge on any atom is 0.332 e. The van der Waals surface area contributed by atoms with E-state index in [9.17, 15) is 14.4 Å². The van der Waals surface area contributed by atoms with Crippen LogP contribution in [0.2, 0.25) is 0 Å². The molecule has 0 spiro atoms. The SMILES string of the molecule is Cn1c(=O)c2c(nc(N3CCN(CC(=O)Nc4ccccc4)CC3)n2Cc2ccccc2)n(C)c1=O. The normalized spacial score (nSPS) is 14.3. The summed E-state index contributed by atoms with van der Waals surface area (Å²) >= 11 is 0. The summed E-state index contributed by atoms with van der Waals surface area (Å²) in [6.45, 7) is 3.40. The molecule has 0 radical (unpaired) electrons. The highest BCUT2D eigenvalue weighted by atomic mass is 16.2. The molecule has 0 unspecified atom stereocenters. The Balaban J connectivity index is 1.40. The number of rotatable bonds is 6. The fourth-order valence-corrected chi connectivity index (χ4v) is 4.62. The maximum absolute atomic E-state index is 13.1. The van der Waals surface area contributed by atoms with Gasteiger partial charge in [-0.3, -0.25) is 28.2 Å². The summed E-state index contributed by atoms with van der Waals surface area (Å²) < 4.78 is 4.45. The van der Waals surface area contributed by atoms with Crippen LogP contribution in [0.4, 0.5) is 11.6 Å². The van der Waals surface area contributed by atoms with Crippen LogP contribution in [0.5, 0.6) is 0 Å². The van der Waals surface area contributed by atoms with Crippen molar-refractivity contribution in [3.8, 4) is 0 Å². The first-order chi connectivity index (χ1) is 17.4. The number of carbonyl (C=O) groups excluding carboxylic acids is 1. The molecule has 10 heteroatoms. The Bertz CT molecular complexity index is 1500. The lowest BCUT2D eigenvalue weighted by Gasteiger charge is -2.35. The lowest BCUT2D eigenvalue weighted by molar-refractivity contribution is -0.117. The molecule has 1 saturated heterocycles. The number of nitrogens with one attached hydrogen (secondary N) is 1. The Hall–Kier alpha value is -4.18. The number of fused-ring (bicyclic) bond motifs is 1. The van der Waals surface area contributed by atoms with Gasteiger partial charge in [0.15, 0.2) is 11.2 Å². The molecule has 0 aliphatic carbocycles. The summed E-state index contributed by atoms with van der Waals surface area (Å²) in [5, 5.41) is 2.93. The third-order valence-corrected chi connectivity index (χ3v) is 6.59. The van der Waals surface area contributed by atoms with Crippen molar-refractivity contribution in [2.45, 2.75) is 6.54 Å². The lowest BCUT2D eigenvalue weighted by Crippen LogP contribution is -2.49. The summed E-state index contributed by atoms with van der Waals surface area (Å²) in [6.07, 6.45) is 0. The number of para-hydroxylation sites is 1. The minimum absolute atomic E-state index is 0.0514. The third-order valence-electron chi connectivity index (χ3n) is 6.59. The van der Waals surface area contributed by atoms with E-state index in [1.165, 1.54) is 11.6 Å². The number of hydrogen-bond donors (Lipinski definition) is 1. The van der Waals surface area contributed by atoms with Gasteiger partial charge in [0.2, 0.25) is 11.9 Å². The van der Waals surface area contributed by atoms with Gasteiger partial charge in [0.25, 0.3) is 5.56 Å². The molecule has 5 rings (SSSR count). The van der Waals surface area contributed by atoms with Crippen LogP contribution in [0.3, 0.4) is 0 Å². The van der Waals surface area contributed by atoms with Crippen molar-refractivity contribution in [2.24, 2.45) is 14.1 Å². The van der Waals surface area contributed by atoms with Gasteiger partial charge in [0.05, 0.1) is 13.1 Å². The summed E-state index contributed by atoms with van der Waals surface area (Å²) in [7, 11) is 3.12. The second-order valence-corrected chi connectivity index (χ2v) is 9.04. The van der Waals surface area contributed by atoms with Gasteiger partial charge in [0, 0.05) is 46.0 Å². The molecule has 0 saturated carbocycles. The highest BCUT2D eigenvalue weighted by Crippen LogP contribution is 2.22. The van der Waals surface area contributed by atoms with Crippen LogP contribution in [-0.4, -0.2) is 62.2 Å². The first kappa shape index (κ1) is 23.6. The average Bonchev–Trinajstić information content (AvgIpc) is 3.27. The number of anilines is 2. The molecule has 1 fully saturated rings. The Morgan fingerprint density at radius 3 is 2.19 bits per heavy atom. The largest absolute Gasteiger partial charge is 0.340 e. The molecule has 1 aliphatic rings. The second-order valence-electron chi connectivity index (χ2n) is 9.04. The lowest BCUT2D eigenvalue weighted by atomic mass is 10.2. The van der Waals surface area contributed by atoms with Crippen molar-refractivity contribution in [1.29, 1.82) is 0 Å². The smallest absolute Gasteiger partial charge is 0.332 e. The molecule has 2 aromatic heterocycles. The quantitative estimate of drug-likeness (QED) is 0.440. The molecule has 2 aromatic carbocycles. The third kappa shape index (κ3) is 4.55. The topological polar surface area (TPSA) is 97.4 Å². The van der Waals surface area contributed by atoms with E-state index in [-0.39, 0.29) is 11.5 Å². The van der Waals surface area contributed by atoms with Gasteiger partial charge in [-0.25, -0.2) is 4.79 Å². The van der Waals surface area contributed by atoms with Crippen LogP contribution < -0.4 is 21.5 Å². The number of imidazole rings is 1. The summed E-state index contributed by atoms with van der Waals surface area (Å²) in [5.41, 5.74) is 1.83. The Labute approximate surface area is 208 Å². The number of aryl methyl sites for hydroxylation is 1. The Morgan fingerprint density at radius 2 is 1.53 bits per heavy atom. The molecular formula is C26H29N7O3. The number of benzene rings is 2. The monoisotopic (exact) mass is 487 g/mol. The van der Waals surface area contributed by atoms with Crippen molar-refractivity contribution in [3.63, 3.8) is 0 Å². The molecule has 4 aromatic rings. The summed E-state index contributed by atoms with van der Waals surface area (Å²) in [5.74, 6) is 0.602. The van der Waals surface area contributed by atoms with E-state index in [0.29, 0.717) is 56.4 Å². The zero-order valence-electron chi connectivity index (χ0n) is 20.4. The van der Waals surface area contributed by atoms with Crippen LogP contribution in [0.1, 0.15) is 5.56 Å². The van der Waals surface area contributed by atoms with Crippen molar-refractivity contribution in [1.82, 2.24) is 23.6 Å². The van der Waals surface area contributed by atoms with E-state index >= 15 is 0 Å². The molecule has 186 valence electrons. The van der Waals surface area contributed by atoms with Gasteiger partial charge in [0.1, 0.15) is 0 Å². The number of carbonyl (C=O) groups is 1. The first-order valence-electron chi connectivity index (χ1n) is 11.9. The molecule has 0 atom stereocenters. The van der Waals surface area contributed by atoms with Crippen LogP contribution >= 0.6 is 0 Å². The van der Waals surface area contributed by atoms with Crippen LogP contribution in [0, 0.1) is 0 Å². The highest BCUT2D eigenvalue weighted by molar-refractivity contribution is 5.92. The zero-order valence-corrected chi connectivity index (χ0v) is 20.4. The van der Waals surface area contributed by atoms with Crippen LogP contribution in [0.25, 0.3) is 11.2 Å². The minimum atomic E-state index is -0.405. The van der Waals surface area contributed by atoms with E-state index in [4.69, 9.17) is 4.98 Å². The Morgan fingerprint density at radius 1 is 0.889 bits per heavy atom. The average molecular weight is 488 g/mol. The molecule has 10 nitrogen and oxygen atoms in total. The molecular weight excluding hydrogens is 458 g/mol. The van der Waals surface area contributed by atoms with E-state index in [1.54, 1.807) is 7.05 Å². The number of piperazine rings is 1. The van der Waals surface area contributed by atoms with Crippen LogP contribution in [-0.2, 0) is 25.4 Å². The van der Waals surface area contributed by atoms with Crippen molar-refractivity contribution in [2.75, 3.05) is 42.9 Å². The number of hydrogen-bond acceptors (Lipinski definition) is 6. The fraction of sp³-hybridized carbons (Fsp3) is 0.308. The van der Waals surface area contributed by atoms with Crippen molar-refractivity contribution >= 4 is 28.7 Å². The van der Waals surface area contributed by atoms with Gasteiger partial charge >= 0.3 is 5.69 Å². The molecule has 1 amide bonds. The van der Waals surface area contributed by atoms with Crippen molar-refractivity contribution in [3.05, 3.63) is 87.1 Å². The molecule has 1 aliphatic heterocycles. The van der Waals surface area contributed by atoms with Gasteiger partial charge in [-0.2, -0.15) is 4.98 Å². The summed E-state index contributed by atoms with van der Waals surface area (Å²) in [6, 6.07) is 19.3. The van der Waals surface area contributed by atoms with E-state index < -0.39 is 5.69 Å². The highest BCUT2D eigenvalue weighted by Gasteiger charge is 2.26. The van der Waals surface area contributed by atoms with Gasteiger partial charge in [-0.05, 0) is 17.7 Å². The fourth-order valence-electron chi connectivity index (χ4n) is 4.62. The zero-order chi connectivity index (χ0) is 25.2. The van der Waals surface area contributed by atoms with Gasteiger partial charge in [-0.1, -0.05) is 48.5 Å². The van der Waals surface area contributed by atoms with Gasteiger partial charge in [-0.15, -0.1) is 0 Å².